The van der Waals surface area contributed by atoms with Crippen molar-refractivity contribution in [2.45, 2.75) is 13.3 Å². The van der Waals surface area contributed by atoms with Crippen LogP contribution in [0, 0.1) is 24.0 Å². The third-order valence-corrected chi connectivity index (χ3v) is 2.39. The first-order valence-electron chi connectivity index (χ1n) is 5.24. The number of amides is 1. The van der Waals surface area contributed by atoms with Gasteiger partial charge >= 0.3 is 0 Å². The first-order valence-corrected chi connectivity index (χ1v) is 5.24. The lowest BCUT2D eigenvalue weighted by Crippen LogP contribution is -2.32. The Balaban J connectivity index is 2.81. The van der Waals surface area contributed by atoms with Crippen LogP contribution in [0.3, 0.4) is 0 Å². The van der Waals surface area contributed by atoms with E-state index in [2.05, 4.69) is 5.92 Å². The molecule has 0 aliphatic rings. The lowest BCUT2D eigenvalue weighted by Gasteiger charge is -2.18. The van der Waals surface area contributed by atoms with Crippen LogP contribution < -0.4 is 0 Å². The van der Waals surface area contributed by atoms with Crippen LogP contribution >= 0.6 is 0 Å². The van der Waals surface area contributed by atoms with Crippen molar-refractivity contribution < 1.29 is 13.6 Å². The second kappa shape index (κ2) is 6.00. The number of terminal acetylenes is 1. The van der Waals surface area contributed by atoms with Crippen LogP contribution in [0.2, 0.25) is 0 Å². The zero-order valence-electron chi connectivity index (χ0n) is 9.54. The summed E-state index contributed by atoms with van der Waals surface area (Å²) in [6, 6.07) is 3.78. The Kier molecular flexibility index (Phi) is 4.65. The average molecular weight is 237 g/mol. The molecule has 1 rings (SSSR count). The molecule has 90 valence electrons. The van der Waals surface area contributed by atoms with Gasteiger partial charge in [-0.1, -0.05) is 18.1 Å². The van der Waals surface area contributed by atoms with E-state index in [-0.39, 0.29) is 24.4 Å². The van der Waals surface area contributed by atoms with Crippen LogP contribution in [0.5, 0.6) is 0 Å². The van der Waals surface area contributed by atoms with E-state index >= 15 is 0 Å². The lowest BCUT2D eigenvalue weighted by molar-refractivity contribution is -0.129. The normalized spacial score (nSPS) is 9.76. The Hall–Kier alpha value is -1.89. The Labute approximate surface area is 99.2 Å². The first-order chi connectivity index (χ1) is 8.10. The van der Waals surface area contributed by atoms with Gasteiger partial charge in [-0.25, -0.2) is 8.78 Å². The number of carbonyl (C=O) groups is 1. The Morgan fingerprint density at radius 2 is 2.18 bits per heavy atom. The summed E-state index contributed by atoms with van der Waals surface area (Å²) < 4.78 is 26.3. The number of rotatable bonds is 4. The molecule has 1 amide bonds. The highest BCUT2D eigenvalue weighted by atomic mass is 19.2. The van der Waals surface area contributed by atoms with Gasteiger partial charge < -0.3 is 4.90 Å². The summed E-state index contributed by atoms with van der Waals surface area (Å²) in [6.07, 6.45) is 4.93. The molecular formula is C13H13F2NO. The number of halogens is 2. The summed E-state index contributed by atoms with van der Waals surface area (Å²) in [5, 5.41) is 0. The van der Waals surface area contributed by atoms with Gasteiger partial charge in [0.2, 0.25) is 5.91 Å². The summed E-state index contributed by atoms with van der Waals surface area (Å²) in [5.74, 6) is 0.115. The zero-order valence-corrected chi connectivity index (χ0v) is 9.54. The number of benzene rings is 1. The number of hydrogen-bond donors (Lipinski definition) is 0. The molecule has 1 aromatic carbocycles. The Morgan fingerprint density at radius 3 is 2.76 bits per heavy atom. The molecule has 0 bridgehead atoms. The van der Waals surface area contributed by atoms with Crippen LogP contribution in [-0.4, -0.2) is 23.9 Å². The van der Waals surface area contributed by atoms with Crippen molar-refractivity contribution in [3.05, 3.63) is 35.4 Å². The fourth-order valence-electron chi connectivity index (χ4n) is 1.45. The van der Waals surface area contributed by atoms with E-state index in [1.165, 1.54) is 17.0 Å². The molecule has 0 fully saturated rings. The van der Waals surface area contributed by atoms with Gasteiger partial charge in [-0.15, -0.1) is 6.42 Å². The predicted molar refractivity (Wildman–Crippen MR) is 61.1 cm³/mol. The molecule has 2 nitrogen and oxygen atoms in total. The third kappa shape index (κ3) is 3.28. The number of carbonyl (C=O) groups excluding carboxylic acids is 1. The standard InChI is InChI=1S/C13H13F2NO/c1-3-8-16(4-2)12(17)9-10-6-5-7-11(14)13(10)15/h1,5-7H,4,8-9H2,2H3. The van der Waals surface area contributed by atoms with Crippen molar-refractivity contribution in [3.8, 4) is 12.3 Å². The fraction of sp³-hybridized carbons (Fsp3) is 0.308. The highest BCUT2D eigenvalue weighted by Gasteiger charge is 2.15. The molecule has 0 unspecified atom stereocenters. The topological polar surface area (TPSA) is 20.3 Å². The largest absolute Gasteiger partial charge is 0.332 e. The van der Waals surface area contributed by atoms with E-state index in [4.69, 9.17) is 6.42 Å². The molecule has 0 heterocycles. The van der Waals surface area contributed by atoms with Crippen molar-refractivity contribution >= 4 is 5.91 Å². The van der Waals surface area contributed by atoms with E-state index in [0.717, 1.165) is 6.07 Å². The minimum absolute atomic E-state index is 0.0467. The summed E-state index contributed by atoms with van der Waals surface area (Å²) in [5.41, 5.74) is 0.0467. The minimum Gasteiger partial charge on any atom is -0.332 e. The third-order valence-electron chi connectivity index (χ3n) is 2.39. The number of likely N-dealkylation sites (N-methyl/N-ethyl adjacent to an activating group) is 1. The molecule has 0 aromatic heterocycles. The highest BCUT2D eigenvalue weighted by Crippen LogP contribution is 2.12. The van der Waals surface area contributed by atoms with Crippen molar-refractivity contribution in [1.29, 1.82) is 0 Å². The van der Waals surface area contributed by atoms with Gasteiger partial charge in [0.05, 0.1) is 13.0 Å². The maximum Gasteiger partial charge on any atom is 0.227 e. The van der Waals surface area contributed by atoms with Crippen LogP contribution in [0.1, 0.15) is 12.5 Å². The molecule has 0 aliphatic heterocycles. The molecule has 4 heteroatoms. The molecule has 0 aliphatic carbocycles. The molecular weight excluding hydrogens is 224 g/mol. The number of nitrogens with zero attached hydrogens (tertiary/aromatic N) is 1. The van der Waals surface area contributed by atoms with Crippen molar-refractivity contribution in [2.24, 2.45) is 0 Å². The maximum atomic E-state index is 13.3. The summed E-state index contributed by atoms with van der Waals surface area (Å²) >= 11 is 0. The number of hydrogen-bond acceptors (Lipinski definition) is 1. The summed E-state index contributed by atoms with van der Waals surface area (Å²) in [7, 11) is 0. The molecule has 0 radical (unpaired) electrons. The van der Waals surface area contributed by atoms with Gasteiger partial charge in [-0.3, -0.25) is 4.79 Å². The molecule has 0 spiro atoms. The van der Waals surface area contributed by atoms with E-state index in [9.17, 15) is 13.6 Å². The van der Waals surface area contributed by atoms with Crippen LogP contribution in [0.4, 0.5) is 8.78 Å². The van der Waals surface area contributed by atoms with Gasteiger partial charge in [0.1, 0.15) is 0 Å². The molecule has 0 saturated heterocycles. The van der Waals surface area contributed by atoms with E-state index in [1.807, 2.05) is 0 Å². The molecule has 0 saturated carbocycles. The van der Waals surface area contributed by atoms with Gasteiger partial charge in [-0.05, 0) is 13.0 Å². The Morgan fingerprint density at radius 1 is 1.47 bits per heavy atom. The van der Waals surface area contributed by atoms with Gasteiger partial charge in [0.15, 0.2) is 11.6 Å². The summed E-state index contributed by atoms with van der Waals surface area (Å²) in [6.45, 7) is 2.39. The Bertz CT molecular complexity index is 451. The van der Waals surface area contributed by atoms with Crippen molar-refractivity contribution in [3.63, 3.8) is 0 Å². The highest BCUT2D eigenvalue weighted by molar-refractivity contribution is 5.79. The van der Waals surface area contributed by atoms with Crippen LogP contribution in [0.15, 0.2) is 18.2 Å². The van der Waals surface area contributed by atoms with Gasteiger partial charge in [0, 0.05) is 12.1 Å². The molecule has 1 aromatic rings. The maximum absolute atomic E-state index is 13.3. The second-order valence-corrected chi connectivity index (χ2v) is 3.50. The van der Waals surface area contributed by atoms with Crippen LogP contribution in [-0.2, 0) is 11.2 Å². The average Bonchev–Trinajstić information content (AvgIpc) is 2.31. The molecule has 0 N–H and O–H groups in total. The van der Waals surface area contributed by atoms with Gasteiger partial charge in [-0.2, -0.15) is 0 Å². The zero-order chi connectivity index (χ0) is 12.8. The first kappa shape index (κ1) is 13.2. The minimum atomic E-state index is -0.974. The van der Waals surface area contributed by atoms with E-state index in [0.29, 0.717) is 6.54 Å². The lowest BCUT2D eigenvalue weighted by atomic mass is 10.1. The van der Waals surface area contributed by atoms with Gasteiger partial charge in [0.25, 0.3) is 0 Å². The van der Waals surface area contributed by atoms with E-state index < -0.39 is 11.6 Å². The fourth-order valence-corrected chi connectivity index (χ4v) is 1.45. The molecule has 0 atom stereocenters. The predicted octanol–water partition coefficient (Wildman–Crippen LogP) is 1.99. The van der Waals surface area contributed by atoms with Crippen LogP contribution in [0.25, 0.3) is 0 Å². The summed E-state index contributed by atoms with van der Waals surface area (Å²) in [4.78, 5) is 13.1. The monoisotopic (exact) mass is 237 g/mol. The van der Waals surface area contributed by atoms with Crippen molar-refractivity contribution in [2.75, 3.05) is 13.1 Å². The van der Waals surface area contributed by atoms with E-state index in [1.54, 1.807) is 6.92 Å². The quantitative estimate of drug-likeness (QED) is 0.733. The van der Waals surface area contributed by atoms with Crippen molar-refractivity contribution in [1.82, 2.24) is 4.90 Å². The smallest absolute Gasteiger partial charge is 0.227 e. The molecule has 17 heavy (non-hydrogen) atoms. The SMILES string of the molecule is C#CCN(CC)C(=O)Cc1cccc(F)c1F. The second-order valence-electron chi connectivity index (χ2n) is 3.50.